The van der Waals surface area contributed by atoms with Crippen LogP contribution in [0.1, 0.15) is 27.9 Å². The predicted molar refractivity (Wildman–Crippen MR) is 54.8 cm³/mol. The Morgan fingerprint density at radius 3 is 3.00 bits per heavy atom. The van der Waals surface area contributed by atoms with Crippen molar-refractivity contribution in [3.63, 3.8) is 0 Å². The molecule has 15 heavy (non-hydrogen) atoms. The van der Waals surface area contributed by atoms with Crippen LogP contribution in [0.2, 0.25) is 0 Å². The van der Waals surface area contributed by atoms with Crippen LogP contribution in [0.25, 0.3) is 0 Å². The molecule has 0 bridgehead atoms. The van der Waals surface area contributed by atoms with E-state index in [0.717, 1.165) is 54.8 Å². The number of benzene rings is 1. The van der Waals surface area contributed by atoms with Crippen molar-refractivity contribution in [2.45, 2.75) is 19.3 Å². The molecule has 2 aliphatic rings. The number of hydrogen-bond donors (Lipinski definition) is 0. The molecule has 0 spiro atoms. The highest BCUT2D eigenvalue weighted by Gasteiger charge is 2.24. The summed E-state index contributed by atoms with van der Waals surface area (Å²) in [6.45, 7) is 1.43. The van der Waals surface area contributed by atoms with Crippen LogP contribution in [0.5, 0.6) is 11.5 Å². The van der Waals surface area contributed by atoms with Crippen LogP contribution >= 0.6 is 0 Å². The highest BCUT2D eigenvalue weighted by atomic mass is 16.5. The minimum absolute atomic E-state index is 0.680. The quantitative estimate of drug-likeness (QED) is 0.654. The molecule has 2 heterocycles. The largest absolute Gasteiger partial charge is 0.493 e. The van der Waals surface area contributed by atoms with Crippen molar-refractivity contribution >= 4 is 6.29 Å². The van der Waals surface area contributed by atoms with E-state index in [-0.39, 0.29) is 0 Å². The summed E-state index contributed by atoms with van der Waals surface area (Å²) in [4.78, 5) is 11.1. The summed E-state index contributed by atoms with van der Waals surface area (Å²) in [6, 6.07) is 2.03. The molecule has 0 radical (unpaired) electrons. The van der Waals surface area contributed by atoms with Gasteiger partial charge in [-0.25, -0.2) is 0 Å². The zero-order chi connectivity index (χ0) is 10.3. The van der Waals surface area contributed by atoms with Gasteiger partial charge in [0.2, 0.25) is 0 Å². The van der Waals surface area contributed by atoms with Crippen molar-refractivity contribution in [1.29, 1.82) is 0 Å². The van der Waals surface area contributed by atoms with Gasteiger partial charge in [0, 0.05) is 17.5 Å². The van der Waals surface area contributed by atoms with Gasteiger partial charge in [0.1, 0.15) is 11.5 Å². The van der Waals surface area contributed by atoms with Crippen molar-refractivity contribution in [3.05, 3.63) is 22.8 Å². The molecular weight excluding hydrogens is 192 g/mol. The lowest BCUT2D eigenvalue weighted by Crippen LogP contribution is -2.11. The molecule has 0 aliphatic carbocycles. The molecule has 0 unspecified atom stereocenters. The number of fused-ring (bicyclic) bond motifs is 2. The lowest BCUT2D eigenvalue weighted by Gasteiger charge is -2.20. The summed E-state index contributed by atoms with van der Waals surface area (Å²) in [5.41, 5.74) is 2.84. The number of carbonyl (C=O) groups excluding carboxylic acids is 1. The Bertz CT molecular complexity index is 423. The van der Waals surface area contributed by atoms with E-state index in [1.54, 1.807) is 0 Å². The average molecular weight is 204 g/mol. The van der Waals surface area contributed by atoms with Crippen molar-refractivity contribution in [2.24, 2.45) is 0 Å². The molecule has 3 heteroatoms. The minimum atomic E-state index is 0.680. The molecule has 3 nitrogen and oxygen atoms in total. The van der Waals surface area contributed by atoms with E-state index in [9.17, 15) is 4.79 Å². The second-order valence-electron chi connectivity index (χ2n) is 3.92. The van der Waals surface area contributed by atoms with Crippen LogP contribution in [0.4, 0.5) is 0 Å². The van der Waals surface area contributed by atoms with Gasteiger partial charge < -0.3 is 9.47 Å². The molecule has 2 aliphatic heterocycles. The van der Waals surface area contributed by atoms with Gasteiger partial charge in [-0.3, -0.25) is 4.79 Å². The Labute approximate surface area is 88.0 Å². The first-order valence-electron chi connectivity index (χ1n) is 5.29. The van der Waals surface area contributed by atoms with Crippen LogP contribution in [-0.2, 0) is 12.8 Å². The van der Waals surface area contributed by atoms with Crippen LogP contribution < -0.4 is 9.47 Å². The van der Waals surface area contributed by atoms with Crippen molar-refractivity contribution < 1.29 is 14.3 Å². The first-order chi connectivity index (χ1) is 7.40. The summed E-state index contributed by atoms with van der Waals surface area (Å²) in [5, 5.41) is 0. The molecule has 0 saturated heterocycles. The van der Waals surface area contributed by atoms with Gasteiger partial charge in [0.25, 0.3) is 0 Å². The van der Waals surface area contributed by atoms with Gasteiger partial charge in [-0.05, 0) is 18.9 Å². The molecule has 3 rings (SSSR count). The van der Waals surface area contributed by atoms with E-state index < -0.39 is 0 Å². The van der Waals surface area contributed by atoms with Crippen molar-refractivity contribution in [3.8, 4) is 11.5 Å². The molecular formula is C12H12O3. The fourth-order valence-corrected chi connectivity index (χ4v) is 2.32. The van der Waals surface area contributed by atoms with E-state index in [4.69, 9.17) is 9.47 Å². The summed E-state index contributed by atoms with van der Waals surface area (Å²) >= 11 is 0. The monoisotopic (exact) mass is 204 g/mol. The number of carbonyl (C=O) groups is 1. The topological polar surface area (TPSA) is 35.5 Å². The smallest absolute Gasteiger partial charge is 0.154 e. The third-order valence-electron chi connectivity index (χ3n) is 3.03. The number of aldehydes is 1. The van der Waals surface area contributed by atoms with Gasteiger partial charge in [0.15, 0.2) is 6.29 Å². The van der Waals surface area contributed by atoms with E-state index in [2.05, 4.69) is 0 Å². The fourth-order valence-electron chi connectivity index (χ4n) is 2.32. The lowest BCUT2D eigenvalue weighted by atomic mass is 9.96. The zero-order valence-corrected chi connectivity index (χ0v) is 8.41. The minimum Gasteiger partial charge on any atom is -0.493 e. The number of ether oxygens (including phenoxy) is 2. The maximum absolute atomic E-state index is 11.1. The Morgan fingerprint density at radius 1 is 1.20 bits per heavy atom. The molecule has 0 N–H and O–H groups in total. The molecule has 1 aromatic carbocycles. The third kappa shape index (κ3) is 1.23. The number of hydrogen-bond acceptors (Lipinski definition) is 3. The zero-order valence-electron chi connectivity index (χ0n) is 8.41. The highest BCUT2D eigenvalue weighted by molar-refractivity contribution is 5.84. The van der Waals surface area contributed by atoms with Crippen LogP contribution in [0, 0.1) is 0 Å². The highest BCUT2D eigenvalue weighted by Crippen LogP contribution is 2.38. The second kappa shape index (κ2) is 3.26. The molecule has 0 atom stereocenters. The van der Waals surface area contributed by atoms with E-state index in [1.807, 2.05) is 6.07 Å². The van der Waals surface area contributed by atoms with Crippen LogP contribution in [0.3, 0.4) is 0 Å². The molecule has 0 fully saturated rings. The summed E-state index contributed by atoms with van der Waals surface area (Å²) < 4.78 is 11.1. The van der Waals surface area contributed by atoms with Crippen LogP contribution in [-0.4, -0.2) is 19.5 Å². The summed E-state index contributed by atoms with van der Waals surface area (Å²) in [5.74, 6) is 1.67. The van der Waals surface area contributed by atoms with Crippen LogP contribution in [0.15, 0.2) is 6.07 Å². The predicted octanol–water partition coefficient (Wildman–Crippen LogP) is 1.76. The maximum Gasteiger partial charge on any atom is 0.154 e. The van der Waals surface area contributed by atoms with Gasteiger partial charge in [-0.2, -0.15) is 0 Å². The Hall–Kier alpha value is -1.51. The van der Waals surface area contributed by atoms with E-state index in [1.165, 1.54) is 0 Å². The normalized spacial score (nSPS) is 17.3. The van der Waals surface area contributed by atoms with Gasteiger partial charge >= 0.3 is 0 Å². The number of rotatable bonds is 1. The molecule has 78 valence electrons. The Morgan fingerprint density at radius 2 is 2.13 bits per heavy atom. The maximum atomic E-state index is 11.1. The molecule has 0 amide bonds. The molecule has 1 aromatic rings. The van der Waals surface area contributed by atoms with Gasteiger partial charge in [-0.1, -0.05) is 0 Å². The average Bonchev–Trinajstić information content (AvgIpc) is 2.73. The van der Waals surface area contributed by atoms with Gasteiger partial charge in [0.05, 0.1) is 18.8 Å². The standard InChI is InChI=1S/C12H12O3/c13-7-10-9-2-1-4-14-11(9)6-8-3-5-15-12(8)10/h6-7H,1-5H2. The summed E-state index contributed by atoms with van der Waals surface area (Å²) in [7, 11) is 0. The summed E-state index contributed by atoms with van der Waals surface area (Å²) in [6.07, 6.45) is 3.68. The Balaban J connectivity index is 2.24. The molecule has 0 aromatic heterocycles. The Kier molecular flexibility index (Phi) is 1.91. The fraction of sp³-hybridized carbons (Fsp3) is 0.417. The lowest BCUT2D eigenvalue weighted by molar-refractivity contribution is 0.111. The molecule has 0 saturated carbocycles. The van der Waals surface area contributed by atoms with Crippen molar-refractivity contribution in [1.82, 2.24) is 0 Å². The van der Waals surface area contributed by atoms with E-state index >= 15 is 0 Å². The van der Waals surface area contributed by atoms with Crippen molar-refractivity contribution in [2.75, 3.05) is 13.2 Å². The SMILES string of the molecule is O=Cc1c2c(cc3c1OCC3)OCCC2. The van der Waals surface area contributed by atoms with Gasteiger partial charge in [-0.15, -0.1) is 0 Å². The van der Waals surface area contributed by atoms with E-state index in [0.29, 0.717) is 12.2 Å². The first-order valence-corrected chi connectivity index (χ1v) is 5.29. The second-order valence-corrected chi connectivity index (χ2v) is 3.92. The third-order valence-corrected chi connectivity index (χ3v) is 3.03. The first kappa shape index (κ1) is 8.77.